The van der Waals surface area contributed by atoms with E-state index in [1.54, 1.807) is 4.90 Å². The van der Waals surface area contributed by atoms with Gasteiger partial charge in [0.25, 0.3) is 11.8 Å². The zero-order valence-electron chi connectivity index (χ0n) is 16.4. The van der Waals surface area contributed by atoms with Crippen molar-refractivity contribution in [1.82, 2.24) is 20.1 Å². The molecule has 1 aromatic heterocycles. The van der Waals surface area contributed by atoms with E-state index in [4.69, 9.17) is 0 Å². The number of carbonyl (C=O) groups is 3. The van der Waals surface area contributed by atoms with Crippen LogP contribution in [0.1, 0.15) is 28.9 Å². The van der Waals surface area contributed by atoms with E-state index in [2.05, 4.69) is 10.3 Å². The van der Waals surface area contributed by atoms with Gasteiger partial charge in [0, 0.05) is 24.0 Å². The average Bonchev–Trinajstić information content (AvgIpc) is 3.30. The van der Waals surface area contributed by atoms with Gasteiger partial charge in [0.1, 0.15) is 11.2 Å². The van der Waals surface area contributed by atoms with E-state index in [0.717, 1.165) is 16.5 Å². The molecule has 0 saturated carbocycles. The van der Waals surface area contributed by atoms with E-state index >= 15 is 0 Å². The summed E-state index contributed by atoms with van der Waals surface area (Å²) < 4.78 is 0. The Kier molecular flexibility index (Phi) is 4.31. The molecule has 2 aromatic carbocycles. The van der Waals surface area contributed by atoms with Crippen LogP contribution in [0.15, 0.2) is 60.7 Å². The molecule has 152 valence electrons. The van der Waals surface area contributed by atoms with Crippen molar-refractivity contribution in [1.29, 1.82) is 0 Å². The number of amides is 4. The van der Waals surface area contributed by atoms with Crippen molar-refractivity contribution in [2.75, 3.05) is 13.1 Å². The van der Waals surface area contributed by atoms with E-state index < -0.39 is 5.54 Å². The van der Waals surface area contributed by atoms with Gasteiger partial charge in [-0.25, -0.2) is 4.79 Å². The highest BCUT2D eigenvalue weighted by atomic mass is 16.2. The lowest BCUT2D eigenvalue weighted by Gasteiger charge is -2.37. The first kappa shape index (κ1) is 18.4. The first-order valence-corrected chi connectivity index (χ1v) is 10.1. The zero-order chi connectivity index (χ0) is 20.7. The Bertz CT molecular complexity index is 1100. The minimum Gasteiger partial charge on any atom is -0.351 e. The predicted molar refractivity (Wildman–Crippen MR) is 112 cm³/mol. The van der Waals surface area contributed by atoms with Crippen molar-refractivity contribution in [2.45, 2.75) is 24.9 Å². The molecule has 2 N–H and O–H groups in total. The number of hydrogen-bond acceptors (Lipinski definition) is 3. The van der Waals surface area contributed by atoms with Gasteiger partial charge in [-0.15, -0.1) is 0 Å². The number of imide groups is 1. The van der Waals surface area contributed by atoms with Gasteiger partial charge in [0.05, 0.1) is 6.54 Å². The van der Waals surface area contributed by atoms with Gasteiger partial charge in [0.2, 0.25) is 0 Å². The molecule has 4 amide bonds. The van der Waals surface area contributed by atoms with Gasteiger partial charge in [-0.3, -0.25) is 14.5 Å². The van der Waals surface area contributed by atoms with E-state index in [-0.39, 0.29) is 24.4 Å². The summed E-state index contributed by atoms with van der Waals surface area (Å²) in [7, 11) is 0. The Labute approximate surface area is 173 Å². The number of H-pyrrole nitrogens is 1. The summed E-state index contributed by atoms with van der Waals surface area (Å²) in [6.45, 7) is 1.09. The molecular formula is C23H22N4O3. The largest absolute Gasteiger partial charge is 0.351 e. The first-order chi connectivity index (χ1) is 14.6. The lowest BCUT2D eigenvalue weighted by Crippen LogP contribution is -2.55. The number of hydrogen-bond donors (Lipinski definition) is 2. The molecule has 1 spiro atoms. The standard InChI is InChI=1S/C23H22N4O3/c28-20(19-14-17-8-4-5-9-18(17)24-19)26-12-10-23(11-13-26)21(29)27(22(30)25-23)15-16-6-2-1-3-7-16/h1-9,14,24H,10-13,15H2,(H,25,30). The number of para-hydroxylation sites is 1. The molecule has 7 nitrogen and oxygen atoms in total. The van der Waals surface area contributed by atoms with E-state index in [1.165, 1.54) is 4.90 Å². The zero-order valence-corrected chi connectivity index (χ0v) is 16.4. The minimum absolute atomic E-state index is 0.0843. The van der Waals surface area contributed by atoms with Gasteiger partial charge >= 0.3 is 6.03 Å². The summed E-state index contributed by atoms with van der Waals surface area (Å²) >= 11 is 0. The number of likely N-dealkylation sites (tertiary alicyclic amines) is 1. The van der Waals surface area contributed by atoms with Crippen LogP contribution in [0.2, 0.25) is 0 Å². The van der Waals surface area contributed by atoms with Crippen LogP contribution in [0.5, 0.6) is 0 Å². The molecule has 0 unspecified atom stereocenters. The predicted octanol–water partition coefficient (Wildman–Crippen LogP) is 2.89. The Morgan fingerprint density at radius 1 is 0.967 bits per heavy atom. The maximum absolute atomic E-state index is 13.1. The Morgan fingerprint density at radius 2 is 1.67 bits per heavy atom. The van der Waals surface area contributed by atoms with Gasteiger partial charge < -0.3 is 15.2 Å². The highest BCUT2D eigenvalue weighted by Crippen LogP contribution is 2.31. The van der Waals surface area contributed by atoms with Crippen molar-refractivity contribution in [3.63, 3.8) is 0 Å². The average molecular weight is 402 g/mol. The van der Waals surface area contributed by atoms with Crippen LogP contribution >= 0.6 is 0 Å². The fourth-order valence-corrected chi connectivity index (χ4v) is 4.38. The molecule has 30 heavy (non-hydrogen) atoms. The number of nitrogens with one attached hydrogen (secondary N) is 2. The number of carbonyl (C=O) groups excluding carboxylic acids is 3. The van der Waals surface area contributed by atoms with Crippen LogP contribution in [0.4, 0.5) is 4.79 Å². The Balaban J connectivity index is 1.28. The molecule has 5 rings (SSSR count). The summed E-state index contributed by atoms with van der Waals surface area (Å²) in [6.07, 6.45) is 0.823. The number of urea groups is 1. The molecule has 0 aliphatic carbocycles. The Morgan fingerprint density at radius 3 is 2.40 bits per heavy atom. The second-order valence-corrected chi connectivity index (χ2v) is 7.95. The third kappa shape index (κ3) is 3.03. The molecular weight excluding hydrogens is 380 g/mol. The number of benzene rings is 2. The molecule has 0 atom stereocenters. The van der Waals surface area contributed by atoms with Crippen LogP contribution in [-0.4, -0.2) is 51.3 Å². The number of aromatic nitrogens is 1. The third-order valence-electron chi connectivity index (χ3n) is 6.09. The maximum atomic E-state index is 13.1. The number of rotatable bonds is 3. The highest BCUT2D eigenvalue weighted by molar-refractivity contribution is 6.07. The minimum atomic E-state index is -0.914. The van der Waals surface area contributed by atoms with Gasteiger partial charge in [-0.1, -0.05) is 48.5 Å². The molecule has 2 fully saturated rings. The summed E-state index contributed by atoms with van der Waals surface area (Å²) in [5, 5.41) is 3.89. The molecule has 3 heterocycles. The van der Waals surface area contributed by atoms with Crippen LogP contribution in [0.25, 0.3) is 10.9 Å². The summed E-state index contributed by atoms with van der Waals surface area (Å²) in [5.74, 6) is -0.284. The molecule has 7 heteroatoms. The number of fused-ring (bicyclic) bond motifs is 1. The van der Waals surface area contributed by atoms with Crippen LogP contribution in [0.3, 0.4) is 0 Å². The normalized spacial score (nSPS) is 18.3. The molecule has 0 bridgehead atoms. The summed E-state index contributed by atoms with van der Waals surface area (Å²) in [6, 6.07) is 18.7. The van der Waals surface area contributed by atoms with E-state index in [0.29, 0.717) is 31.6 Å². The lowest BCUT2D eigenvalue weighted by atomic mass is 9.87. The molecule has 2 aliphatic rings. The summed E-state index contributed by atoms with van der Waals surface area (Å²) in [4.78, 5) is 44.7. The Hall–Kier alpha value is -3.61. The topological polar surface area (TPSA) is 85.5 Å². The van der Waals surface area contributed by atoms with Crippen molar-refractivity contribution < 1.29 is 14.4 Å². The van der Waals surface area contributed by atoms with Crippen molar-refractivity contribution in [3.05, 3.63) is 71.9 Å². The summed E-state index contributed by atoms with van der Waals surface area (Å²) in [5.41, 5.74) is 1.46. The smallest absolute Gasteiger partial charge is 0.325 e. The molecule has 2 aliphatic heterocycles. The number of nitrogens with zero attached hydrogens (tertiary/aromatic N) is 2. The number of piperidine rings is 1. The van der Waals surface area contributed by atoms with E-state index in [9.17, 15) is 14.4 Å². The van der Waals surface area contributed by atoms with Crippen LogP contribution in [0, 0.1) is 0 Å². The van der Waals surface area contributed by atoms with Crippen LogP contribution in [-0.2, 0) is 11.3 Å². The third-order valence-corrected chi connectivity index (χ3v) is 6.09. The SMILES string of the molecule is O=C(c1cc2ccccc2[nH]1)N1CCC2(CC1)NC(=O)N(Cc1ccccc1)C2=O. The molecule has 3 aromatic rings. The van der Waals surface area contributed by atoms with Crippen LogP contribution < -0.4 is 5.32 Å². The second-order valence-electron chi connectivity index (χ2n) is 7.95. The maximum Gasteiger partial charge on any atom is 0.325 e. The molecule has 0 radical (unpaired) electrons. The van der Waals surface area contributed by atoms with Crippen molar-refractivity contribution in [3.8, 4) is 0 Å². The monoisotopic (exact) mass is 402 g/mol. The fraction of sp³-hybridized carbons (Fsp3) is 0.261. The van der Waals surface area contributed by atoms with Crippen molar-refractivity contribution in [2.24, 2.45) is 0 Å². The van der Waals surface area contributed by atoms with Crippen molar-refractivity contribution >= 4 is 28.7 Å². The second kappa shape index (κ2) is 7.02. The fourth-order valence-electron chi connectivity index (χ4n) is 4.38. The van der Waals surface area contributed by atoms with Gasteiger partial charge in [0.15, 0.2) is 0 Å². The quantitative estimate of drug-likeness (QED) is 0.661. The van der Waals surface area contributed by atoms with Gasteiger partial charge in [-0.05, 0) is 30.5 Å². The first-order valence-electron chi connectivity index (χ1n) is 10.1. The van der Waals surface area contributed by atoms with E-state index in [1.807, 2.05) is 60.7 Å². The number of aromatic amines is 1. The van der Waals surface area contributed by atoms with Gasteiger partial charge in [-0.2, -0.15) is 0 Å². The highest BCUT2D eigenvalue weighted by Gasteiger charge is 2.52. The lowest BCUT2D eigenvalue weighted by molar-refractivity contribution is -0.133. The molecule has 2 saturated heterocycles.